The molecule has 102 valence electrons. The highest BCUT2D eigenvalue weighted by Crippen LogP contribution is 2.61. The maximum atomic E-state index is 9.27. The van der Waals surface area contributed by atoms with E-state index in [0.29, 0.717) is 23.1 Å². The van der Waals surface area contributed by atoms with Crippen molar-refractivity contribution < 1.29 is 5.11 Å². The van der Waals surface area contributed by atoms with E-state index in [-0.39, 0.29) is 0 Å². The van der Waals surface area contributed by atoms with Crippen LogP contribution in [0.2, 0.25) is 0 Å². The summed E-state index contributed by atoms with van der Waals surface area (Å²) in [4.78, 5) is 4.80. The maximum Gasteiger partial charge on any atom is 0.115 e. The van der Waals surface area contributed by atoms with Crippen molar-refractivity contribution in [3.8, 4) is 5.75 Å². The van der Waals surface area contributed by atoms with Crippen LogP contribution in [-0.2, 0) is 0 Å². The summed E-state index contributed by atoms with van der Waals surface area (Å²) in [6, 6.07) is 7.73. The van der Waals surface area contributed by atoms with Crippen LogP contribution < -0.4 is 0 Å². The lowest BCUT2D eigenvalue weighted by Crippen LogP contribution is -2.56. The molecule has 3 fully saturated rings. The normalized spacial score (nSPS) is 36.2. The molecular weight excluding hydrogens is 234 g/mol. The summed E-state index contributed by atoms with van der Waals surface area (Å²) >= 11 is 0. The molecule has 0 unspecified atom stereocenters. The van der Waals surface area contributed by atoms with Gasteiger partial charge in [-0.25, -0.2) is 0 Å². The van der Waals surface area contributed by atoms with Gasteiger partial charge in [-0.05, 0) is 65.8 Å². The number of hydrogen-bond donors (Lipinski definition) is 1. The van der Waals surface area contributed by atoms with Crippen molar-refractivity contribution in [3.63, 3.8) is 0 Å². The van der Waals surface area contributed by atoms with Gasteiger partial charge in [0.15, 0.2) is 0 Å². The minimum atomic E-state index is 0.311. The summed E-state index contributed by atoms with van der Waals surface area (Å²) < 4.78 is 0. The summed E-state index contributed by atoms with van der Waals surface area (Å²) in [5.41, 5.74) is 1.60. The van der Waals surface area contributed by atoms with Gasteiger partial charge in [0.25, 0.3) is 0 Å². The van der Waals surface area contributed by atoms with Crippen LogP contribution in [0.5, 0.6) is 5.75 Å². The minimum Gasteiger partial charge on any atom is -0.508 e. The summed E-state index contributed by atoms with van der Waals surface area (Å²) in [6.07, 6.45) is 4.61. The fourth-order valence-corrected chi connectivity index (χ4v) is 4.06. The van der Waals surface area contributed by atoms with E-state index in [4.69, 9.17) is 4.99 Å². The quantitative estimate of drug-likeness (QED) is 0.801. The number of phenols is 1. The summed E-state index contributed by atoms with van der Waals surface area (Å²) in [5, 5.41) is 9.27. The number of rotatable bonds is 2. The molecule has 0 spiro atoms. The van der Waals surface area contributed by atoms with E-state index in [9.17, 15) is 5.11 Å². The number of nitrogens with zero attached hydrogens (tertiary/aromatic N) is 1. The van der Waals surface area contributed by atoms with Crippen molar-refractivity contribution in [2.45, 2.75) is 39.7 Å². The predicted molar refractivity (Wildman–Crippen MR) is 78.6 cm³/mol. The Bertz CT molecular complexity index is 488. The molecule has 4 rings (SSSR count). The zero-order valence-electron chi connectivity index (χ0n) is 12.0. The van der Waals surface area contributed by atoms with Gasteiger partial charge < -0.3 is 5.11 Å². The molecule has 3 aliphatic carbocycles. The fourth-order valence-electron chi connectivity index (χ4n) is 4.06. The number of aliphatic imine (C=N–C) groups is 1. The Kier molecular flexibility index (Phi) is 2.92. The Hall–Kier alpha value is -1.31. The van der Waals surface area contributed by atoms with E-state index in [1.165, 1.54) is 12.8 Å². The van der Waals surface area contributed by atoms with E-state index in [1.54, 1.807) is 12.1 Å². The molecule has 2 heteroatoms. The van der Waals surface area contributed by atoms with Crippen molar-refractivity contribution >= 4 is 6.21 Å². The smallest absolute Gasteiger partial charge is 0.115 e. The highest BCUT2D eigenvalue weighted by molar-refractivity contribution is 5.79. The number of hydrogen-bond acceptors (Lipinski definition) is 2. The Morgan fingerprint density at radius 2 is 1.89 bits per heavy atom. The molecule has 3 aliphatic rings. The zero-order chi connectivity index (χ0) is 13.6. The van der Waals surface area contributed by atoms with Gasteiger partial charge in [0.1, 0.15) is 5.75 Å². The molecule has 0 amide bonds. The molecule has 0 heterocycles. The summed E-state index contributed by atoms with van der Waals surface area (Å²) in [6.45, 7) is 7.20. The monoisotopic (exact) mass is 257 g/mol. The number of aromatic hydroxyl groups is 1. The standard InChI is InChI=1S/C17H23NO/c1-11-15-8-13(17(15,2)3)9-16(11)18-10-12-4-6-14(19)7-5-12/h4-7,10-11,13,15-16,19H,8-9H2,1-3H3/t11-,13+,15-,16-/m0/s1. The molecule has 0 saturated heterocycles. The van der Waals surface area contributed by atoms with Crippen molar-refractivity contribution in [2.75, 3.05) is 0 Å². The van der Waals surface area contributed by atoms with Gasteiger partial charge in [-0.1, -0.05) is 20.8 Å². The zero-order valence-corrected chi connectivity index (χ0v) is 12.0. The largest absolute Gasteiger partial charge is 0.508 e. The second-order valence-corrected chi connectivity index (χ2v) is 6.89. The molecule has 0 aromatic heterocycles. The van der Waals surface area contributed by atoms with Gasteiger partial charge >= 0.3 is 0 Å². The van der Waals surface area contributed by atoms with E-state index >= 15 is 0 Å². The van der Waals surface area contributed by atoms with E-state index in [2.05, 4.69) is 20.8 Å². The van der Waals surface area contributed by atoms with E-state index in [0.717, 1.165) is 17.4 Å². The third-order valence-corrected chi connectivity index (χ3v) is 5.62. The Balaban J connectivity index is 1.70. The first-order chi connectivity index (χ1) is 8.98. The molecular formula is C17H23NO. The van der Waals surface area contributed by atoms with Crippen molar-refractivity contribution in [1.82, 2.24) is 0 Å². The second kappa shape index (κ2) is 4.36. The highest BCUT2D eigenvalue weighted by Gasteiger charge is 2.56. The molecule has 1 N–H and O–H groups in total. The molecule has 1 aromatic rings. The van der Waals surface area contributed by atoms with Crippen LogP contribution in [0.15, 0.2) is 29.3 Å². The van der Waals surface area contributed by atoms with Crippen molar-refractivity contribution in [2.24, 2.45) is 28.2 Å². The first-order valence-corrected chi connectivity index (χ1v) is 7.30. The summed E-state index contributed by atoms with van der Waals surface area (Å²) in [7, 11) is 0. The Morgan fingerprint density at radius 3 is 2.47 bits per heavy atom. The van der Waals surface area contributed by atoms with Gasteiger partial charge in [0.2, 0.25) is 0 Å². The molecule has 0 aliphatic heterocycles. The van der Waals surface area contributed by atoms with Gasteiger partial charge in [-0.3, -0.25) is 4.99 Å². The SMILES string of the molecule is C[C@@H]1[C@@H](N=Cc2ccc(O)cc2)C[C@H]2C[C@@H]1C2(C)C. The van der Waals surface area contributed by atoms with Gasteiger partial charge in [0.05, 0.1) is 6.04 Å². The van der Waals surface area contributed by atoms with Crippen LogP contribution in [0.1, 0.15) is 39.2 Å². The minimum absolute atomic E-state index is 0.311. The average Bonchev–Trinajstić information content (AvgIpc) is 2.38. The molecule has 4 atom stereocenters. The third kappa shape index (κ3) is 2.07. The third-order valence-electron chi connectivity index (χ3n) is 5.62. The Morgan fingerprint density at radius 1 is 1.21 bits per heavy atom. The topological polar surface area (TPSA) is 32.6 Å². The first-order valence-electron chi connectivity index (χ1n) is 7.30. The molecule has 2 bridgehead atoms. The van der Waals surface area contributed by atoms with Gasteiger partial charge in [-0.2, -0.15) is 0 Å². The average molecular weight is 257 g/mol. The fraction of sp³-hybridized carbons (Fsp3) is 0.588. The lowest BCUT2D eigenvalue weighted by atomic mass is 9.45. The predicted octanol–water partition coefficient (Wildman–Crippen LogP) is 3.88. The highest BCUT2D eigenvalue weighted by atomic mass is 16.3. The van der Waals surface area contributed by atoms with Gasteiger partial charge in [0, 0.05) is 6.21 Å². The molecule has 19 heavy (non-hydrogen) atoms. The van der Waals surface area contributed by atoms with Crippen LogP contribution in [0.3, 0.4) is 0 Å². The van der Waals surface area contributed by atoms with Crippen molar-refractivity contribution in [1.29, 1.82) is 0 Å². The number of benzene rings is 1. The number of phenolic OH excluding ortho intramolecular Hbond substituents is 1. The molecule has 3 saturated carbocycles. The Labute approximate surface area is 115 Å². The van der Waals surface area contributed by atoms with E-state index < -0.39 is 0 Å². The van der Waals surface area contributed by atoms with Crippen LogP contribution in [-0.4, -0.2) is 17.4 Å². The number of fused-ring (bicyclic) bond motifs is 2. The lowest BCUT2D eigenvalue weighted by Gasteiger charge is -2.61. The first kappa shape index (κ1) is 12.7. The second-order valence-electron chi connectivity index (χ2n) is 6.89. The lowest BCUT2D eigenvalue weighted by molar-refractivity contribution is -0.108. The molecule has 0 radical (unpaired) electrons. The summed E-state index contributed by atoms with van der Waals surface area (Å²) in [5.74, 6) is 2.70. The molecule has 1 aromatic carbocycles. The van der Waals surface area contributed by atoms with Crippen LogP contribution in [0, 0.1) is 23.2 Å². The van der Waals surface area contributed by atoms with E-state index in [1.807, 2.05) is 18.3 Å². The van der Waals surface area contributed by atoms with Crippen molar-refractivity contribution in [3.05, 3.63) is 29.8 Å². The van der Waals surface area contributed by atoms with Crippen LogP contribution in [0.25, 0.3) is 0 Å². The molecule has 2 nitrogen and oxygen atoms in total. The van der Waals surface area contributed by atoms with Crippen LogP contribution >= 0.6 is 0 Å². The maximum absolute atomic E-state index is 9.27. The van der Waals surface area contributed by atoms with Crippen LogP contribution in [0.4, 0.5) is 0 Å². The van der Waals surface area contributed by atoms with Gasteiger partial charge in [-0.15, -0.1) is 0 Å².